The minimum Gasteiger partial charge on any atom is -0.363 e. The van der Waals surface area contributed by atoms with Crippen LogP contribution in [0.1, 0.15) is 25.0 Å². The van der Waals surface area contributed by atoms with Gasteiger partial charge in [0.2, 0.25) is 0 Å². The predicted molar refractivity (Wildman–Crippen MR) is 101 cm³/mol. The monoisotopic (exact) mass is 369 g/mol. The summed E-state index contributed by atoms with van der Waals surface area (Å²) in [5, 5.41) is 0. The molecule has 142 valence electrons. The smallest absolute Gasteiger partial charge is 0.253 e. The number of halogens is 1. The summed E-state index contributed by atoms with van der Waals surface area (Å²) in [5.41, 5.74) is 1.51. The van der Waals surface area contributed by atoms with Gasteiger partial charge in [-0.25, -0.2) is 4.39 Å². The van der Waals surface area contributed by atoms with Crippen LogP contribution in [-0.2, 0) is 16.1 Å². The SMILES string of the molecule is O=C1COC2(CCCN(Cc3ccc(F)cn3)CC2)CN1c1ccccc1. The molecular formula is C21H24FN3O2. The Balaban J connectivity index is 1.43. The minimum absolute atomic E-state index is 0.0171. The number of amides is 1. The zero-order valence-corrected chi connectivity index (χ0v) is 15.3. The van der Waals surface area contributed by atoms with Gasteiger partial charge in [0.1, 0.15) is 12.4 Å². The lowest BCUT2D eigenvalue weighted by atomic mass is 9.92. The average molecular weight is 369 g/mol. The minimum atomic E-state index is -0.310. The third-order valence-corrected chi connectivity index (χ3v) is 5.48. The van der Waals surface area contributed by atoms with Crippen LogP contribution < -0.4 is 4.90 Å². The third-order valence-electron chi connectivity index (χ3n) is 5.48. The predicted octanol–water partition coefficient (Wildman–Crippen LogP) is 3.01. The lowest BCUT2D eigenvalue weighted by Crippen LogP contribution is -2.55. The van der Waals surface area contributed by atoms with E-state index in [0.717, 1.165) is 43.7 Å². The highest BCUT2D eigenvalue weighted by molar-refractivity contribution is 5.95. The van der Waals surface area contributed by atoms with Crippen LogP contribution in [0.2, 0.25) is 0 Å². The molecule has 6 heteroatoms. The van der Waals surface area contributed by atoms with E-state index in [0.29, 0.717) is 13.1 Å². The van der Waals surface area contributed by atoms with Crippen molar-refractivity contribution in [1.29, 1.82) is 0 Å². The van der Waals surface area contributed by atoms with Gasteiger partial charge in [-0.05, 0) is 50.1 Å². The Bertz CT molecular complexity index is 784. The van der Waals surface area contributed by atoms with Crippen LogP contribution in [0.15, 0.2) is 48.7 Å². The van der Waals surface area contributed by atoms with Gasteiger partial charge in [-0.15, -0.1) is 0 Å². The van der Waals surface area contributed by atoms with Crippen molar-refractivity contribution in [2.75, 3.05) is 31.1 Å². The van der Waals surface area contributed by atoms with Crippen molar-refractivity contribution in [3.63, 3.8) is 0 Å². The molecule has 5 nitrogen and oxygen atoms in total. The Labute approximate surface area is 158 Å². The van der Waals surface area contributed by atoms with Gasteiger partial charge in [0.05, 0.1) is 24.0 Å². The van der Waals surface area contributed by atoms with Gasteiger partial charge >= 0.3 is 0 Å². The summed E-state index contributed by atoms with van der Waals surface area (Å²) in [7, 11) is 0. The molecule has 27 heavy (non-hydrogen) atoms. The van der Waals surface area contributed by atoms with E-state index in [1.54, 1.807) is 6.07 Å². The maximum atomic E-state index is 13.1. The van der Waals surface area contributed by atoms with Crippen LogP contribution in [0.5, 0.6) is 0 Å². The highest BCUT2D eigenvalue weighted by Crippen LogP contribution is 2.33. The topological polar surface area (TPSA) is 45.7 Å². The lowest BCUT2D eigenvalue weighted by molar-refractivity contribution is -0.140. The van der Waals surface area contributed by atoms with Gasteiger partial charge < -0.3 is 9.64 Å². The Hall–Kier alpha value is -2.31. The van der Waals surface area contributed by atoms with Gasteiger partial charge in [0, 0.05) is 18.8 Å². The molecular weight excluding hydrogens is 345 g/mol. The Kier molecular flexibility index (Phi) is 5.18. The number of carbonyl (C=O) groups excluding carboxylic acids is 1. The summed E-state index contributed by atoms with van der Waals surface area (Å²) in [6.45, 7) is 3.25. The number of anilines is 1. The number of para-hydroxylation sites is 1. The van der Waals surface area contributed by atoms with E-state index in [4.69, 9.17) is 4.74 Å². The fraction of sp³-hybridized carbons (Fsp3) is 0.429. The lowest BCUT2D eigenvalue weighted by Gasteiger charge is -2.42. The number of likely N-dealkylation sites (tertiary alicyclic amines) is 1. The maximum Gasteiger partial charge on any atom is 0.253 e. The number of morpholine rings is 1. The van der Waals surface area contributed by atoms with E-state index < -0.39 is 0 Å². The van der Waals surface area contributed by atoms with Crippen LogP contribution in [0.3, 0.4) is 0 Å². The highest BCUT2D eigenvalue weighted by Gasteiger charge is 2.41. The molecule has 0 radical (unpaired) electrons. The maximum absolute atomic E-state index is 13.1. The number of pyridine rings is 1. The van der Waals surface area contributed by atoms with Crippen molar-refractivity contribution in [3.05, 3.63) is 60.2 Å². The molecule has 1 spiro atoms. The number of hydrogen-bond acceptors (Lipinski definition) is 4. The third kappa shape index (κ3) is 4.17. The largest absolute Gasteiger partial charge is 0.363 e. The van der Waals surface area contributed by atoms with Gasteiger partial charge in [-0.1, -0.05) is 18.2 Å². The zero-order chi connectivity index (χ0) is 18.7. The average Bonchev–Trinajstić information content (AvgIpc) is 2.89. The summed E-state index contributed by atoms with van der Waals surface area (Å²) in [6.07, 6.45) is 4.06. The van der Waals surface area contributed by atoms with Crippen molar-refractivity contribution < 1.29 is 13.9 Å². The van der Waals surface area contributed by atoms with E-state index in [1.807, 2.05) is 35.2 Å². The summed E-state index contributed by atoms with van der Waals surface area (Å²) >= 11 is 0. The molecule has 0 saturated carbocycles. The molecule has 1 aromatic carbocycles. The first-order chi connectivity index (χ1) is 13.1. The van der Waals surface area contributed by atoms with Gasteiger partial charge in [-0.2, -0.15) is 0 Å². The zero-order valence-electron chi connectivity index (χ0n) is 15.3. The van der Waals surface area contributed by atoms with Gasteiger partial charge in [0.15, 0.2) is 0 Å². The second-order valence-electron chi connectivity index (χ2n) is 7.38. The second kappa shape index (κ2) is 7.74. The van der Waals surface area contributed by atoms with Crippen molar-refractivity contribution in [2.45, 2.75) is 31.4 Å². The van der Waals surface area contributed by atoms with Crippen LogP contribution >= 0.6 is 0 Å². The summed E-state index contributed by atoms with van der Waals surface area (Å²) in [5.74, 6) is -0.293. The molecule has 2 aromatic rings. The van der Waals surface area contributed by atoms with E-state index in [-0.39, 0.29) is 23.9 Å². The summed E-state index contributed by atoms with van der Waals surface area (Å²) in [6, 6.07) is 13.0. The molecule has 1 aromatic heterocycles. The molecule has 2 saturated heterocycles. The summed E-state index contributed by atoms with van der Waals surface area (Å²) in [4.78, 5) is 20.8. The normalized spacial score (nSPS) is 24.2. The van der Waals surface area contributed by atoms with Crippen LogP contribution in [0, 0.1) is 5.82 Å². The van der Waals surface area contributed by atoms with Gasteiger partial charge in [0.25, 0.3) is 5.91 Å². The van der Waals surface area contributed by atoms with Crippen molar-refractivity contribution >= 4 is 11.6 Å². The molecule has 1 amide bonds. The molecule has 2 aliphatic heterocycles. The molecule has 2 aliphatic rings. The second-order valence-corrected chi connectivity index (χ2v) is 7.38. The molecule has 0 aliphatic carbocycles. The van der Waals surface area contributed by atoms with Crippen molar-refractivity contribution in [1.82, 2.24) is 9.88 Å². The van der Waals surface area contributed by atoms with E-state index in [2.05, 4.69) is 9.88 Å². The molecule has 2 fully saturated rings. The first-order valence-corrected chi connectivity index (χ1v) is 9.46. The number of nitrogens with zero attached hydrogens (tertiary/aromatic N) is 3. The Morgan fingerprint density at radius 3 is 2.74 bits per heavy atom. The fourth-order valence-electron chi connectivity index (χ4n) is 3.97. The molecule has 4 rings (SSSR count). The molecule has 0 N–H and O–H groups in total. The quantitative estimate of drug-likeness (QED) is 0.834. The molecule has 3 heterocycles. The van der Waals surface area contributed by atoms with Gasteiger partial charge in [-0.3, -0.25) is 14.7 Å². The fourth-order valence-corrected chi connectivity index (χ4v) is 3.97. The first kappa shape index (κ1) is 18.1. The summed E-state index contributed by atoms with van der Waals surface area (Å²) < 4.78 is 19.1. The number of hydrogen-bond donors (Lipinski definition) is 0. The van der Waals surface area contributed by atoms with E-state index in [9.17, 15) is 9.18 Å². The number of benzene rings is 1. The number of carbonyl (C=O) groups is 1. The Morgan fingerprint density at radius 1 is 1.11 bits per heavy atom. The standard InChI is InChI=1S/C21H24FN3O2/c22-17-7-8-18(23-13-17)14-24-11-4-9-21(10-12-24)16-25(20(26)15-27-21)19-5-2-1-3-6-19/h1-3,5-8,13H,4,9-12,14-16H2. The van der Waals surface area contributed by atoms with Crippen LogP contribution in [0.4, 0.5) is 10.1 Å². The number of rotatable bonds is 3. The van der Waals surface area contributed by atoms with E-state index >= 15 is 0 Å². The number of ether oxygens (including phenoxy) is 1. The molecule has 1 atom stereocenters. The first-order valence-electron chi connectivity index (χ1n) is 9.46. The van der Waals surface area contributed by atoms with Crippen molar-refractivity contribution in [3.8, 4) is 0 Å². The van der Waals surface area contributed by atoms with E-state index in [1.165, 1.54) is 12.3 Å². The van der Waals surface area contributed by atoms with Crippen LogP contribution in [-0.4, -0.2) is 47.6 Å². The van der Waals surface area contributed by atoms with Crippen LogP contribution in [0.25, 0.3) is 0 Å². The molecule has 1 unspecified atom stereocenters. The number of aromatic nitrogens is 1. The Morgan fingerprint density at radius 2 is 1.96 bits per heavy atom. The van der Waals surface area contributed by atoms with Crippen molar-refractivity contribution in [2.24, 2.45) is 0 Å². The molecule has 0 bridgehead atoms. The highest BCUT2D eigenvalue weighted by atomic mass is 19.1.